The summed E-state index contributed by atoms with van der Waals surface area (Å²) in [6, 6.07) is 9.05. The number of halogens is 1. The van der Waals surface area contributed by atoms with Gasteiger partial charge in [-0.3, -0.25) is 14.4 Å². The molecule has 37 heavy (non-hydrogen) atoms. The monoisotopic (exact) mass is 507 g/mol. The van der Waals surface area contributed by atoms with Gasteiger partial charge in [0.1, 0.15) is 23.4 Å². The van der Waals surface area contributed by atoms with Gasteiger partial charge in [-0.1, -0.05) is 19.9 Å². The van der Waals surface area contributed by atoms with E-state index in [1.165, 1.54) is 12.1 Å². The van der Waals surface area contributed by atoms with Gasteiger partial charge in [-0.2, -0.15) is 5.16 Å². The zero-order valence-corrected chi connectivity index (χ0v) is 21.2. The summed E-state index contributed by atoms with van der Waals surface area (Å²) >= 11 is 0. The molecular formula is C28H30FN3O5. The number of amides is 2. The number of carbonyl (C=O) groups excluding carboxylic acids is 2. The lowest BCUT2D eigenvalue weighted by Crippen LogP contribution is -2.45. The lowest BCUT2D eigenvalue weighted by molar-refractivity contribution is -0.139. The van der Waals surface area contributed by atoms with Crippen molar-refractivity contribution in [2.75, 3.05) is 19.0 Å². The summed E-state index contributed by atoms with van der Waals surface area (Å²) < 4.78 is 25.5. The molecule has 1 aliphatic heterocycles. The maximum atomic E-state index is 15.1. The van der Waals surface area contributed by atoms with Gasteiger partial charge in [0.2, 0.25) is 5.91 Å². The third-order valence-electron chi connectivity index (χ3n) is 7.44. The molecule has 0 spiro atoms. The van der Waals surface area contributed by atoms with E-state index in [1.807, 2.05) is 26.0 Å². The normalized spacial score (nSPS) is 17.7. The Balaban J connectivity index is 1.43. The van der Waals surface area contributed by atoms with Gasteiger partial charge in [0.05, 0.1) is 7.11 Å². The molecule has 2 aromatic carbocycles. The number of fused-ring (bicyclic) bond motifs is 2. The first-order valence-corrected chi connectivity index (χ1v) is 12.4. The largest absolute Gasteiger partial charge is 0.497 e. The molecule has 3 aromatic rings. The van der Waals surface area contributed by atoms with E-state index in [0.29, 0.717) is 41.3 Å². The highest BCUT2D eigenvalue weighted by molar-refractivity contribution is 5.98. The molecule has 9 heteroatoms. The van der Waals surface area contributed by atoms with Crippen molar-refractivity contribution >= 4 is 17.5 Å². The third-order valence-corrected chi connectivity index (χ3v) is 7.44. The van der Waals surface area contributed by atoms with Gasteiger partial charge in [0.15, 0.2) is 0 Å². The van der Waals surface area contributed by atoms with Gasteiger partial charge in [-0.25, -0.2) is 4.39 Å². The van der Waals surface area contributed by atoms with Gasteiger partial charge in [-0.05, 0) is 71.2 Å². The van der Waals surface area contributed by atoms with Crippen LogP contribution in [0.4, 0.5) is 10.1 Å². The smallest absolute Gasteiger partial charge is 0.280 e. The molecule has 2 aliphatic rings. The quantitative estimate of drug-likeness (QED) is 0.524. The van der Waals surface area contributed by atoms with E-state index in [9.17, 15) is 14.4 Å². The number of carbonyl (C=O) groups is 2. The minimum atomic E-state index is -0.895. The Hall–Kier alpha value is -3.88. The third kappa shape index (κ3) is 4.77. The topological polar surface area (TPSA) is 105 Å². The molecule has 0 radical (unpaired) electrons. The lowest BCUT2D eigenvalue weighted by atomic mass is 9.86. The summed E-state index contributed by atoms with van der Waals surface area (Å²) in [5.74, 6) is 0.0584. The molecule has 0 bridgehead atoms. The maximum Gasteiger partial charge on any atom is 0.280 e. The standard InChI is InChI=1S/C28H30FN3O5/c1-28(2)10-8-17-12-18(14-22(29)25(17)28)30-27(35)26-21-6-4-19(36-3)13-16(21)9-11-32(26)24(34)7-5-20-15-23(33)31-37-20/h4,6,12-15,26H,5,7-11H2,1-3H3,(H,30,35)(H,31,33)/t26-/m1/s1. The van der Waals surface area contributed by atoms with Crippen molar-refractivity contribution < 1.29 is 23.2 Å². The minimum Gasteiger partial charge on any atom is -0.497 e. The fourth-order valence-electron chi connectivity index (χ4n) is 5.57. The number of nitrogens with zero attached hydrogens (tertiary/aromatic N) is 1. The fourth-order valence-corrected chi connectivity index (χ4v) is 5.57. The highest BCUT2D eigenvalue weighted by Gasteiger charge is 2.37. The van der Waals surface area contributed by atoms with Crippen LogP contribution in [0.2, 0.25) is 0 Å². The van der Waals surface area contributed by atoms with Crippen molar-refractivity contribution in [3.8, 4) is 5.75 Å². The van der Waals surface area contributed by atoms with Crippen LogP contribution in [0.15, 0.2) is 45.7 Å². The van der Waals surface area contributed by atoms with Crippen LogP contribution in [0.1, 0.15) is 60.7 Å². The molecule has 2 amide bonds. The number of anilines is 1. The van der Waals surface area contributed by atoms with Gasteiger partial charge in [-0.15, -0.1) is 0 Å². The number of nitrogens with one attached hydrogen (secondary N) is 2. The Morgan fingerprint density at radius 3 is 2.73 bits per heavy atom. The number of hydrogen-bond donors (Lipinski definition) is 2. The SMILES string of the molecule is COc1ccc2c(c1)CCN(C(=O)CCc1cc(=O)[nH]o1)[C@H]2C(=O)Nc1cc(F)c2c(c1)CCC2(C)C. The predicted molar refractivity (Wildman–Crippen MR) is 135 cm³/mol. The Labute approximate surface area is 213 Å². The number of rotatable bonds is 6. The summed E-state index contributed by atoms with van der Waals surface area (Å²) in [5, 5.41) is 5.09. The first kappa shape index (κ1) is 24.8. The number of aryl methyl sites for hydroxylation is 2. The number of hydrogen-bond acceptors (Lipinski definition) is 5. The van der Waals surface area contributed by atoms with Crippen molar-refractivity contribution in [3.05, 3.63) is 80.6 Å². The molecule has 194 valence electrons. The molecular weight excluding hydrogens is 477 g/mol. The van der Waals surface area contributed by atoms with Gasteiger partial charge < -0.3 is 19.5 Å². The Morgan fingerprint density at radius 2 is 2.00 bits per heavy atom. The summed E-state index contributed by atoms with van der Waals surface area (Å²) in [6.07, 6.45) is 2.44. The van der Waals surface area contributed by atoms with Gasteiger partial charge in [0, 0.05) is 31.1 Å². The van der Waals surface area contributed by atoms with Crippen molar-refractivity contribution in [2.45, 2.75) is 57.4 Å². The number of ether oxygens (including phenoxy) is 1. The fraction of sp³-hybridized carbons (Fsp3) is 0.393. The van der Waals surface area contributed by atoms with Crippen molar-refractivity contribution in [1.82, 2.24) is 10.1 Å². The molecule has 0 fully saturated rings. The van der Waals surface area contributed by atoms with E-state index < -0.39 is 11.9 Å². The van der Waals surface area contributed by atoms with Crippen molar-refractivity contribution in [3.63, 3.8) is 0 Å². The number of H-pyrrole nitrogens is 1. The molecule has 8 nitrogen and oxygen atoms in total. The van der Waals surface area contributed by atoms with Gasteiger partial charge >= 0.3 is 0 Å². The van der Waals surface area contributed by atoms with Crippen LogP contribution < -0.4 is 15.6 Å². The molecule has 0 saturated heterocycles. The Kier molecular flexibility index (Phi) is 6.39. The van der Waals surface area contributed by atoms with Crippen LogP contribution in [0.3, 0.4) is 0 Å². The summed E-state index contributed by atoms with van der Waals surface area (Å²) in [7, 11) is 1.58. The van der Waals surface area contributed by atoms with E-state index in [-0.39, 0.29) is 35.5 Å². The van der Waals surface area contributed by atoms with Crippen molar-refractivity contribution in [2.24, 2.45) is 0 Å². The molecule has 5 rings (SSSR count). The number of benzene rings is 2. The minimum absolute atomic E-state index is 0.0681. The van der Waals surface area contributed by atoms with E-state index in [4.69, 9.17) is 9.26 Å². The second kappa shape index (κ2) is 9.53. The zero-order valence-electron chi connectivity index (χ0n) is 21.2. The first-order chi connectivity index (χ1) is 17.7. The highest BCUT2D eigenvalue weighted by Crippen LogP contribution is 2.41. The number of methoxy groups -OCH3 is 1. The second-order valence-electron chi connectivity index (χ2n) is 10.3. The van der Waals surface area contributed by atoms with Crippen LogP contribution in [-0.2, 0) is 34.3 Å². The zero-order chi connectivity index (χ0) is 26.3. The Morgan fingerprint density at radius 1 is 1.19 bits per heavy atom. The van der Waals surface area contributed by atoms with Crippen LogP contribution in [-0.4, -0.2) is 35.5 Å². The molecule has 2 N–H and O–H groups in total. The van der Waals surface area contributed by atoms with Gasteiger partial charge in [0.25, 0.3) is 11.5 Å². The predicted octanol–water partition coefficient (Wildman–Crippen LogP) is 4.04. The van der Waals surface area contributed by atoms with Crippen LogP contribution in [0, 0.1) is 5.82 Å². The number of aromatic nitrogens is 1. The second-order valence-corrected chi connectivity index (χ2v) is 10.3. The summed E-state index contributed by atoms with van der Waals surface area (Å²) in [4.78, 5) is 39.9. The lowest BCUT2D eigenvalue weighted by Gasteiger charge is -2.36. The molecule has 0 saturated carbocycles. The van der Waals surface area contributed by atoms with Crippen molar-refractivity contribution in [1.29, 1.82) is 0 Å². The summed E-state index contributed by atoms with van der Waals surface area (Å²) in [6.45, 7) is 4.38. The Bertz CT molecular complexity index is 1420. The van der Waals surface area contributed by atoms with E-state index >= 15 is 4.39 Å². The maximum absolute atomic E-state index is 15.1. The average molecular weight is 508 g/mol. The van der Waals surface area contributed by atoms with Crippen LogP contribution >= 0.6 is 0 Å². The molecule has 1 aliphatic carbocycles. The highest BCUT2D eigenvalue weighted by atomic mass is 19.1. The average Bonchev–Trinajstić information content (AvgIpc) is 3.42. The summed E-state index contributed by atoms with van der Waals surface area (Å²) in [5.41, 5.74) is 2.98. The first-order valence-electron chi connectivity index (χ1n) is 12.4. The van der Waals surface area contributed by atoms with Crippen LogP contribution in [0.5, 0.6) is 5.75 Å². The molecule has 2 heterocycles. The molecule has 1 atom stereocenters. The molecule has 1 aromatic heterocycles. The van der Waals surface area contributed by atoms with E-state index in [2.05, 4.69) is 10.5 Å². The number of aromatic amines is 1. The van der Waals surface area contributed by atoms with Crippen LogP contribution in [0.25, 0.3) is 0 Å². The molecule has 0 unspecified atom stereocenters. The van der Waals surface area contributed by atoms with E-state index in [0.717, 1.165) is 24.0 Å². The van der Waals surface area contributed by atoms with E-state index in [1.54, 1.807) is 24.1 Å².